The number of esters is 3. The van der Waals surface area contributed by atoms with E-state index in [1.54, 1.807) is 36.4 Å². The quantitative estimate of drug-likeness (QED) is 0.134. The van der Waals surface area contributed by atoms with Crippen LogP contribution in [0.1, 0.15) is 31.1 Å². The average Bonchev–Trinajstić information content (AvgIpc) is 3.46. The summed E-state index contributed by atoms with van der Waals surface area (Å²) in [4.78, 5) is 39.8. The lowest BCUT2D eigenvalue weighted by atomic mass is 10.1. The molecule has 0 aliphatic carbocycles. The number of hydrogen-bond donors (Lipinski definition) is 0. The van der Waals surface area contributed by atoms with Crippen LogP contribution in [0, 0.1) is 0 Å². The van der Waals surface area contributed by atoms with E-state index < -0.39 is 35.4 Å². The predicted molar refractivity (Wildman–Crippen MR) is 177 cm³/mol. The lowest BCUT2D eigenvalue weighted by Crippen LogP contribution is -2.39. The highest BCUT2D eigenvalue weighted by molar-refractivity contribution is 8.00. The van der Waals surface area contributed by atoms with E-state index in [1.165, 1.54) is 11.8 Å². The molecule has 7 heteroatoms. The van der Waals surface area contributed by atoms with Crippen LogP contribution in [0.2, 0.25) is 0 Å². The fourth-order valence-electron chi connectivity index (χ4n) is 5.63. The normalized spacial score (nSPS) is 17.7. The molecule has 0 radical (unpaired) electrons. The highest BCUT2D eigenvalue weighted by atomic mass is 32.2. The van der Waals surface area contributed by atoms with E-state index in [0.29, 0.717) is 22.4 Å². The maximum Gasteiger partial charge on any atom is 0.338 e. The third-order valence-electron chi connectivity index (χ3n) is 8.04. The first-order valence-corrected chi connectivity index (χ1v) is 15.7. The third-order valence-corrected chi connectivity index (χ3v) is 9.40. The molecule has 0 aromatic heterocycles. The highest BCUT2D eigenvalue weighted by Crippen LogP contribution is 2.34. The molecule has 0 amide bonds. The summed E-state index contributed by atoms with van der Waals surface area (Å²) in [5.74, 6) is -1.14. The minimum atomic E-state index is -0.831. The second-order valence-corrected chi connectivity index (χ2v) is 12.2. The van der Waals surface area contributed by atoms with Gasteiger partial charge in [-0.15, -0.1) is 11.8 Å². The zero-order valence-electron chi connectivity index (χ0n) is 24.1. The summed E-state index contributed by atoms with van der Waals surface area (Å²) in [6.07, 6.45) is -1.56. The fourth-order valence-corrected chi connectivity index (χ4v) is 6.91. The van der Waals surface area contributed by atoms with Gasteiger partial charge in [-0.2, -0.15) is 0 Å². The lowest BCUT2D eigenvalue weighted by molar-refractivity contribution is -0.0295. The molecule has 222 valence electrons. The zero-order valence-corrected chi connectivity index (χ0v) is 24.9. The molecule has 0 spiro atoms. The molecule has 3 atom stereocenters. The van der Waals surface area contributed by atoms with Crippen LogP contribution >= 0.6 is 11.8 Å². The van der Waals surface area contributed by atoms with Crippen LogP contribution in [0.3, 0.4) is 0 Å². The summed E-state index contributed by atoms with van der Waals surface area (Å²) in [5, 5.41) is 5.38. The van der Waals surface area contributed by atoms with E-state index in [1.807, 2.05) is 91.0 Å². The number of benzene rings is 6. The molecule has 6 aromatic carbocycles. The number of carbonyl (C=O) groups excluding carboxylic acids is 3. The third kappa shape index (κ3) is 6.12. The van der Waals surface area contributed by atoms with Gasteiger partial charge >= 0.3 is 17.9 Å². The van der Waals surface area contributed by atoms with E-state index in [-0.39, 0.29) is 6.61 Å². The Kier molecular flexibility index (Phi) is 7.92. The predicted octanol–water partition coefficient (Wildman–Crippen LogP) is 7.87. The highest BCUT2D eigenvalue weighted by Gasteiger charge is 2.43. The average molecular weight is 613 g/mol. The van der Waals surface area contributed by atoms with Gasteiger partial charge in [-0.25, -0.2) is 14.4 Å². The van der Waals surface area contributed by atoms with Crippen LogP contribution in [0.4, 0.5) is 0 Å². The van der Waals surface area contributed by atoms with Gasteiger partial charge in [0.25, 0.3) is 0 Å². The van der Waals surface area contributed by atoms with Crippen LogP contribution in [0.25, 0.3) is 32.3 Å². The molecule has 7 rings (SSSR count). The topological polar surface area (TPSA) is 78.9 Å². The number of thioether (sulfide) groups is 1. The van der Waals surface area contributed by atoms with Crippen molar-refractivity contribution in [2.24, 2.45) is 0 Å². The van der Waals surface area contributed by atoms with Crippen LogP contribution in [0.15, 0.2) is 127 Å². The minimum absolute atomic E-state index is 0.0178. The number of rotatable bonds is 7. The van der Waals surface area contributed by atoms with Crippen molar-refractivity contribution in [1.82, 2.24) is 0 Å². The monoisotopic (exact) mass is 612 g/mol. The molecule has 0 N–H and O–H groups in total. The van der Waals surface area contributed by atoms with Crippen molar-refractivity contribution in [2.45, 2.75) is 17.5 Å². The van der Waals surface area contributed by atoms with Crippen molar-refractivity contribution < 1.29 is 28.6 Å². The van der Waals surface area contributed by atoms with Crippen LogP contribution < -0.4 is 0 Å². The molecule has 0 saturated carbocycles. The largest absolute Gasteiger partial charge is 0.461 e. The van der Waals surface area contributed by atoms with Gasteiger partial charge in [0.1, 0.15) is 12.7 Å². The van der Waals surface area contributed by atoms with Crippen molar-refractivity contribution in [1.29, 1.82) is 0 Å². The summed E-state index contributed by atoms with van der Waals surface area (Å²) in [7, 11) is 0. The molecule has 1 fully saturated rings. The first-order valence-electron chi connectivity index (χ1n) is 14.7. The van der Waals surface area contributed by atoms with Crippen LogP contribution in [-0.4, -0.2) is 47.7 Å². The van der Waals surface area contributed by atoms with E-state index in [0.717, 1.165) is 32.3 Å². The second kappa shape index (κ2) is 12.5. The molecule has 6 nitrogen and oxygen atoms in total. The Labute approximate surface area is 263 Å². The molecule has 1 aliphatic rings. The molecule has 1 saturated heterocycles. The molecule has 45 heavy (non-hydrogen) atoms. The van der Waals surface area contributed by atoms with Gasteiger partial charge in [0, 0.05) is 5.75 Å². The van der Waals surface area contributed by atoms with Gasteiger partial charge in [0.2, 0.25) is 0 Å². The standard InChI is InChI=1S/C38H28O6S/c39-36(30-16-13-24-7-1-4-10-27(24)19-30)42-22-34-35(44-38(41)32-18-15-26-9-3-6-12-29(26)21-32)33(23-45-34)43-37(40)31-17-14-25-8-2-5-11-28(25)20-31/h1-21,33-35H,22-23H2/t33-,34+,35+/m0/s1. The smallest absolute Gasteiger partial charge is 0.338 e. The van der Waals surface area contributed by atoms with Gasteiger partial charge < -0.3 is 14.2 Å². The van der Waals surface area contributed by atoms with Gasteiger partial charge in [0.05, 0.1) is 21.9 Å². The van der Waals surface area contributed by atoms with E-state index >= 15 is 0 Å². The molecule has 0 bridgehead atoms. The van der Waals surface area contributed by atoms with E-state index in [4.69, 9.17) is 14.2 Å². The SMILES string of the molecule is O=C(OC[C@H]1SC[C@H](OC(=O)c2ccc3ccccc3c2)[C@H]1OC(=O)c1ccc2ccccc2c1)c1ccc2ccccc2c1. The first kappa shape index (κ1) is 28.6. The van der Waals surface area contributed by atoms with Gasteiger partial charge in [-0.1, -0.05) is 91.0 Å². The Morgan fingerprint density at radius 2 is 0.956 bits per heavy atom. The summed E-state index contributed by atoms with van der Waals surface area (Å²) in [5.41, 5.74) is 1.22. The van der Waals surface area contributed by atoms with Gasteiger partial charge in [0.15, 0.2) is 6.10 Å². The number of ether oxygens (including phenoxy) is 3. The van der Waals surface area contributed by atoms with Crippen molar-refractivity contribution in [3.05, 3.63) is 144 Å². The molecular weight excluding hydrogens is 584 g/mol. The van der Waals surface area contributed by atoms with Gasteiger partial charge in [-0.05, 0) is 68.7 Å². The van der Waals surface area contributed by atoms with Crippen molar-refractivity contribution in [3.8, 4) is 0 Å². The Morgan fingerprint density at radius 1 is 0.533 bits per heavy atom. The number of fused-ring (bicyclic) bond motifs is 3. The van der Waals surface area contributed by atoms with Crippen molar-refractivity contribution in [2.75, 3.05) is 12.4 Å². The molecule has 6 aromatic rings. The van der Waals surface area contributed by atoms with E-state index in [2.05, 4.69) is 0 Å². The second-order valence-electron chi connectivity index (χ2n) is 11.0. The lowest BCUT2D eigenvalue weighted by Gasteiger charge is -2.24. The van der Waals surface area contributed by atoms with E-state index in [9.17, 15) is 14.4 Å². The summed E-state index contributed by atoms with van der Waals surface area (Å²) < 4.78 is 17.7. The summed E-state index contributed by atoms with van der Waals surface area (Å²) in [6, 6.07) is 39.5. The zero-order chi connectivity index (χ0) is 30.8. The Balaban J connectivity index is 1.10. The Hall–Kier alpha value is -5.14. The maximum absolute atomic E-state index is 13.4. The minimum Gasteiger partial charge on any atom is -0.461 e. The Morgan fingerprint density at radius 3 is 1.44 bits per heavy atom. The first-order chi connectivity index (χ1) is 22.0. The summed E-state index contributed by atoms with van der Waals surface area (Å²) in [6.45, 7) is -0.0178. The van der Waals surface area contributed by atoms with Crippen LogP contribution in [0.5, 0.6) is 0 Å². The molecule has 1 aliphatic heterocycles. The maximum atomic E-state index is 13.4. The number of hydrogen-bond acceptors (Lipinski definition) is 7. The van der Waals surface area contributed by atoms with Crippen LogP contribution in [-0.2, 0) is 14.2 Å². The number of carbonyl (C=O) groups is 3. The summed E-state index contributed by atoms with van der Waals surface area (Å²) >= 11 is 1.45. The molecule has 1 heterocycles. The van der Waals surface area contributed by atoms with Crippen molar-refractivity contribution in [3.63, 3.8) is 0 Å². The van der Waals surface area contributed by atoms with Crippen molar-refractivity contribution >= 4 is 62.0 Å². The fraction of sp³-hybridized carbons (Fsp3) is 0.132. The molecular formula is C38H28O6S. The van der Waals surface area contributed by atoms with Gasteiger partial charge in [-0.3, -0.25) is 0 Å². The molecule has 0 unspecified atom stereocenters. The Bertz CT molecular complexity index is 2070.